The van der Waals surface area contributed by atoms with Crippen LogP contribution in [0.2, 0.25) is 0 Å². The number of ether oxygens (including phenoxy) is 1. The second-order valence-corrected chi connectivity index (χ2v) is 5.73. The average molecular weight is 376 g/mol. The van der Waals surface area contributed by atoms with Gasteiger partial charge in [-0.15, -0.1) is 0 Å². The molecule has 0 saturated carbocycles. The van der Waals surface area contributed by atoms with E-state index in [9.17, 15) is 9.59 Å². The summed E-state index contributed by atoms with van der Waals surface area (Å²) in [5, 5.41) is 0. The van der Waals surface area contributed by atoms with E-state index >= 15 is 0 Å². The van der Waals surface area contributed by atoms with E-state index in [-0.39, 0.29) is 24.2 Å². The van der Waals surface area contributed by atoms with E-state index in [0.717, 1.165) is 23.7 Å². The summed E-state index contributed by atoms with van der Waals surface area (Å²) in [6, 6.07) is 17.3. The molecule has 0 radical (unpaired) electrons. The normalized spacial score (nSPS) is 9.38. The van der Waals surface area contributed by atoms with Crippen LogP contribution >= 0.6 is 0 Å². The van der Waals surface area contributed by atoms with E-state index in [1.54, 1.807) is 6.92 Å². The largest absolute Gasteiger partial charge is 1.00 e. The maximum absolute atomic E-state index is 12.2. The number of halogens is 1. The van der Waals surface area contributed by atoms with E-state index in [4.69, 9.17) is 0 Å². The van der Waals surface area contributed by atoms with Crippen LogP contribution in [0.4, 0.5) is 0 Å². The number of hydrogen-bond acceptors (Lipinski definition) is 3. The molecule has 140 valence electrons. The van der Waals surface area contributed by atoms with Gasteiger partial charge in [-0.1, -0.05) is 61.2 Å². The Morgan fingerprint density at radius 3 is 1.96 bits per heavy atom. The van der Waals surface area contributed by atoms with Crippen molar-refractivity contribution >= 4 is 11.8 Å². The highest BCUT2D eigenvalue weighted by molar-refractivity contribution is 6.08. The number of quaternary nitrogens is 1. The number of carbonyl (C=O) groups excluding carboxylic acids is 2. The maximum Gasteiger partial charge on any atom is 0.330 e. The minimum atomic E-state index is -0.359. The third-order valence-electron chi connectivity index (χ3n) is 3.26. The van der Waals surface area contributed by atoms with Gasteiger partial charge in [0.25, 0.3) is 0 Å². The Kier molecular flexibility index (Phi) is 11.7. The van der Waals surface area contributed by atoms with Crippen LogP contribution in [0.15, 0.2) is 67.3 Å². The molecule has 0 fully saturated rings. The fourth-order valence-electron chi connectivity index (χ4n) is 2.14. The lowest BCUT2D eigenvalue weighted by atomic mass is 10.0. The van der Waals surface area contributed by atoms with Crippen LogP contribution in [-0.4, -0.2) is 32.5 Å². The van der Waals surface area contributed by atoms with Gasteiger partial charge in [0.15, 0.2) is 5.78 Å². The Labute approximate surface area is 161 Å². The molecule has 0 saturated heterocycles. The first-order chi connectivity index (χ1) is 12.0. The maximum atomic E-state index is 12.2. The third-order valence-corrected chi connectivity index (χ3v) is 3.26. The molecular formula is C21H26ClNO3. The highest BCUT2D eigenvalue weighted by Crippen LogP contribution is 2.10. The molecule has 0 bridgehead atoms. The zero-order valence-corrected chi connectivity index (χ0v) is 16.3. The SMILES string of the molecule is C=CC(=O)OCC.C[NH+](C)Cc1ccc(C(=O)c2ccccc2)cc1.[Cl-]. The van der Waals surface area contributed by atoms with Crippen LogP contribution in [-0.2, 0) is 16.1 Å². The molecule has 0 spiro atoms. The summed E-state index contributed by atoms with van der Waals surface area (Å²) in [6.07, 6.45) is 1.14. The van der Waals surface area contributed by atoms with Crippen LogP contribution in [0.25, 0.3) is 0 Å². The van der Waals surface area contributed by atoms with Crippen LogP contribution in [0.1, 0.15) is 28.4 Å². The van der Waals surface area contributed by atoms with E-state index in [1.807, 2.05) is 54.6 Å². The summed E-state index contributed by atoms with van der Waals surface area (Å²) in [5.74, 6) is -0.276. The molecule has 4 nitrogen and oxygen atoms in total. The molecule has 0 aliphatic heterocycles. The van der Waals surface area contributed by atoms with Crippen LogP contribution in [0, 0.1) is 0 Å². The van der Waals surface area contributed by atoms with Crippen molar-refractivity contribution in [3.63, 3.8) is 0 Å². The van der Waals surface area contributed by atoms with Gasteiger partial charge in [-0.2, -0.15) is 0 Å². The molecule has 0 atom stereocenters. The Hall–Kier alpha value is -2.43. The van der Waals surface area contributed by atoms with Gasteiger partial charge < -0.3 is 22.0 Å². The van der Waals surface area contributed by atoms with Crippen molar-refractivity contribution in [2.45, 2.75) is 13.5 Å². The summed E-state index contributed by atoms with van der Waals surface area (Å²) in [5.41, 5.74) is 2.74. The number of carbonyl (C=O) groups is 2. The van der Waals surface area contributed by atoms with Gasteiger partial charge in [0, 0.05) is 22.8 Å². The zero-order valence-electron chi connectivity index (χ0n) is 15.5. The van der Waals surface area contributed by atoms with E-state index in [2.05, 4.69) is 25.4 Å². The van der Waals surface area contributed by atoms with E-state index in [1.165, 1.54) is 10.5 Å². The topological polar surface area (TPSA) is 47.8 Å². The average Bonchev–Trinajstić information content (AvgIpc) is 2.63. The zero-order chi connectivity index (χ0) is 18.7. The van der Waals surface area contributed by atoms with Crippen LogP contribution < -0.4 is 17.3 Å². The van der Waals surface area contributed by atoms with E-state index in [0.29, 0.717) is 6.61 Å². The Balaban J connectivity index is 0.000000673. The van der Waals surface area contributed by atoms with Crippen LogP contribution in [0.5, 0.6) is 0 Å². The first kappa shape index (κ1) is 23.6. The minimum Gasteiger partial charge on any atom is -1.00 e. The summed E-state index contributed by atoms with van der Waals surface area (Å²) in [4.78, 5) is 23.6. The molecular weight excluding hydrogens is 350 g/mol. The molecule has 0 aliphatic rings. The lowest BCUT2D eigenvalue weighted by molar-refractivity contribution is -0.872. The van der Waals surface area contributed by atoms with Crippen molar-refractivity contribution in [2.75, 3.05) is 20.7 Å². The van der Waals surface area contributed by atoms with Crippen molar-refractivity contribution in [1.82, 2.24) is 0 Å². The van der Waals surface area contributed by atoms with Gasteiger partial charge in [-0.3, -0.25) is 4.79 Å². The predicted octanol–water partition coefficient (Wildman–Crippen LogP) is -0.698. The number of nitrogens with one attached hydrogen (secondary N) is 1. The van der Waals surface area contributed by atoms with Crippen molar-refractivity contribution in [3.05, 3.63) is 83.9 Å². The molecule has 0 heterocycles. The fraction of sp³-hybridized carbons (Fsp3) is 0.238. The highest BCUT2D eigenvalue weighted by Gasteiger charge is 2.08. The number of ketones is 1. The molecule has 0 aliphatic carbocycles. The number of benzene rings is 2. The molecule has 0 unspecified atom stereocenters. The minimum absolute atomic E-state index is 0. The van der Waals surface area contributed by atoms with Gasteiger partial charge in [-0.05, 0) is 6.92 Å². The molecule has 26 heavy (non-hydrogen) atoms. The molecule has 2 aromatic rings. The highest BCUT2D eigenvalue weighted by atomic mass is 35.5. The van der Waals surface area contributed by atoms with Gasteiger partial charge in [0.05, 0.1) is 20.7 Å². The van der Waals surface area contributed by atoms with Crippen molar-refractivity contribution < 1.29 is 31.6 Å². The second kappa shape index (κ2) is 12.9. The van der Waals surface area contributed by atoms with Gasteiger partial charge >= 0.3 is 5.97 Å². The predicted molar refractivity (Wildman–Crippen MR) is 99.7 cm³/mol. The Morgan fingerprint density at radius 2 is 1.54 bits per heavy atom. The standard InChI is InChI=1S/C16H17NO.C5H8O2.ClH/c1-17(2)12-13-8-10-15(11-9-13)16(18)14-6-4-3-5-7-14;1-3-5(6)7-4-2;/h3-11H,12H2,1-2H3;3H,1,4H2,2H3;1H. The summed E-state index contributed by atoms with van der Waals surface area (Å²) in [6.45, 7) is 6.35. The van der Waals surface area contributed by atoms with Crippen LogP contribution in [0.3, 0.4) is 0 Å². The molecule has 2 rings (SSSR count). The monoisotopic (exact) mass is 375 g/mol. The Bertz CT molecular complexity index is 682. The number of esters is 1. The summed E-state index contributed by atoms with van der Waals surface area (Å²) >= 11 is 0. The Morgan fingerprint density at radius 1 is 1.00 bits per heavy atom. The second-order valence-electron chi connectivity index (χ2n) is 5.73. The molecule has 0 aromatic heterocycles. The van der Waals surface area contributed by atoms with Gasteiger partial charge in [0.2, 0.25) is 0 Å². The smallest absolute Gasteiger partial charge is 0.330 e. The molecule has 5 heteroatoms. The first-order valence-electron chi connectivity index (χ1n) is 8.24. The number of hydrogen-bond donors (Lipinski definition) is 1. The summed E-state index contributed by atoms with van der Waals surface area (Å²) in [7, 11) is 4.23. The van der Waals surface area contributed by atoms with Gasteiger partial charge in [-0.25, -0.2) is 4.79 Å². The van der Waals surface area contributed by atoms with Crippen molar-refractivity contribution in [1.29, 1.82) is 0 Å². The lowest BCUT2D eigenvalue weighted by Crippen LogP contribution is -3.04. The van der Waals surface area contributed by atoms with Gasteiger partial charge in [0.1, 0.15) is 6.54 Å². The van der Waals surface area contributed by atoms with E-state index < -0.39 is 0 Å². The molecule has 0 amide bonds. The van der Waals surface area contributed by atoms with Crippen molar-refractivity contribution in [2.24, 2.45) is 0 Å². The van der Waals surface area contributed by atoms with Crippen molar-refractivity contribution in [3.8, 4) is 0 Å². The third kappa shape index (κ3) is 8.60. The molecule has 2 aromatic carbocycles. The fourth-order valence-corrected chi connectivity index (χ4v) is 2.14. The number of rotatable bonds is 6. The quantitative estimate of drug-likeness (QED) is 0.413. The first-order valence-corrected chi connectivity index (χ1v) is 8.24. The molecule has 1 N–H and O–H groups in total. The lowest BCUT2D eigenvalue weighted by Gasteiger charge is -2.07. The summed E-state index contributed by atoms with van der Waals surface area (Å²) < 4.78 is 4.43.